The van der Waals surface area contributed by atoms with Crippen molar-refractivity contribution in [1.82, 2.24) is 14.5 Å². The minimum atomic E-state index is -0.884. The van der Waals surface area contributed by atoms with Crippen LogP contribution in [0.2, 0.25) is 0 Å². The van der Waals surface area contributed by atoms with Gasteiger partial charge < -0.3 is 24.0 Å². The molecule has 0 unspecified atom stereocenters. The molecule has 2 aromatic carbocycles. The third-order valence-electron chi connectivity index (χ3n) is 6.97. The number of anilines is 2. The van der Waals surface area contributed by atoms with Crippen molar-refractivity contribution in [3.8, 4) is 22.6 Å². The molecule has 198 valence electrons. The number of carbonyl (C=O) groups is 1. The number of ether oxygens (including phenoxy) is 2. The summed E-state index contributed by atoms with van der Waals surface area (Å²) in [6.07, 6.45) is 3.19. The second-order valence-electron chi connectivity index (χ2n) is 10.9. The Morgan fingerprint density at radius 3 is 2.42 bits per heavy atom. The number of hydrogen-bond acceptors (Lipinski definition) is 6. The number of aliphatic carboxylic acids is 1. The van der Waals surface area contributed by atoms with E-state index in [1.807, 2.05) is 40.7 Å². The highest BCUT2D eigenvalue weighted by Crippen LogP contribution is 2.48. The van der Waals surface area contributed by atoms with Crippen LogP contribution >= 0.6 is 0 Å². The maximum absolute atomic E-state index is 12.2. The SMILES string of the molecule is COc1cnc(N2CCn3c(C)cc4c(-c5ccc(C)cc5OC(C)(C)C)c(CC(=O)O)c(C)c2c43)nc1. The zero-order chi connectivity index (χ0) is 27.4. The zero-order valence-electron chi connectivity index (χ0n) is 23.0. The molecule has 0 radical (unpaired) electrons. The fraction of sp³-hybridized carbons (Fsp3) is 0.367. The van der Waals surface area contributed by atoms with Gasteiger partial charge in [-0.3, -0.25) is 4.79 Å². The highest BCUT2D eigenvalue weighted by atomic mass is 16.5. The summed E-state index contributed by atoms with van der Waals surface area (Å²) in [6.45, 7) is 13.6. The van der Waals surface area contributed by atoms with Gasteiger partial charge in [0.15, 0.2) is 5.75 Å². The van der Waals surface area contributed by atoms with Crippen LogP contribution in [0.3, 0.4) is 0 Å². The predicted octanol–water partition coefficient (Wildman–Crippen LogP) is 5.99. The average Bonchev–Trinajstić information content (AvgIpc) is 3.18. The molecular weight excluding hydrogens is 480 g/mol. The van der Waals surface area contributed by atoms with Crippen molar-refractivity contribution in [1.29, 1.82) is 0 Å². The summed E-state index contributed by atoms with van der Waals surface area (Å²) >= 11 is 0. The first-order valence-corrected chi connectivity index (χ1v) is 12.8. The van der Waals surface area contributed by atoms with Crippen LogP contribution < -0.4 is 14.4 Å². The van der Waals surface area contributed by atoms with Gasteiger partial charge in [-0.1, -0.05) is 12.1 Å². The smallest absolute Gasteiger partial charge is 0.307 e. The molecule has 1 aliphatic rings. The highest BCUT2D eigenvalue weighted by molar-refractivity contribution is 6.08. The van der Waals surface area contributed by atoms with Crippen LogP contribution in [-0.4, -0.2) is 44.9 Å². The summed E-state index contributed by atoms with van der Waals surface area (Å²) in [5.41, 5.74) is 7.24. The quantitative estimate of drug-likeness (QED) is 0.338. The lowest BCUT2D eigenvalue weighted by molar-refractivity contribution is -0.136. The molecule has 0 atom stereocenters. The Morgan fingerprint density at radius 1 is 1.08 bits per heavy atom. The van der Waals surface area contributed by atoms with Gasteiger partial charge in [0.2, 0.25) is 5.95 Å². The summed E-state index contributed by atoms with van der Waals surface area (Å²) in [4.78, 5) is 23.4. The van der Waals surface area contributed by atoms with Gasteiger partial charge in [-0.25, -0.2) is 9.97 Å². The van der Waals surface area contributed by atoms with Gasteiger partial charge in [-0.15, -0.1) is 0 Å². The fourth-order valence-corrected chi connectivity index (χ4v) is 5.41. The second kappa shape index (κ2) is 9.35. The summed E-state index contributed by atoms with van der Waals surface area (Å²) in [5.74, 6) is 1.00. The number of nitrogens with zero attached hydrogens (tertiary/aromatic N) is 4. The molecule has 8 nitrogen and oxygen atoms in total. The number of carboxylic acids is 1. The summed E-state index contributed by atoms with van der Waals surface area (Å²) < 4.78 is 14.0. The third-order valence-corrected chi connectivity index (χ3v) is 6.97. The van der Waals surface area contributed by atoms with E-state index in [0.717, 1.165) is 62.4 Å². The fourth-order valence-electron chi connectivity index (χ4n) is 5.41. The van der Waals surface area contributed by atoms with E-state index >= 15 is 0 Å². The molecule has 0 fully saturated rings. The Kier molecular flexibility index (Phi) is 6.29. The van der Waals surface area contributed by atoms with Crippen molar-refractivity contribution >= 4 is 28.5 Å². The maximum atomic E-state index is 12.2. The first-order chi connectivity index (χ1) is 18.0. The molecule has 1 aliphatic heterocycles. The van der Waals surface area contributed by atoms with Crippen LogP contribution in [0.1, 0.15) is 43.2 Å². The molecule has 0 bridgehead atoms. The monoisotopic (exact) mass is 514 g/mol. The van der Waals surface area contributed by atoms with Gasteiger partial charge in [0, 0.05) is 29.7 Å². The zero-order valence-corrected chi connectivity index (χ0v) is 23.0. The van der Waals surface area contributed by atoms with Crippen molar-refractivity contribution in [3.05, 3.63) is 59.0 Å². The van der Waals surface area contributed by atoms with Gasteiger partial charge in [0.05, 0.1) is 37.1 Å². The lowest BCUT2D eigenvalue weighted by atomic mass is 9.88. The minimum Gasteiger partial charge on any atom is -0.494 e. The third kappa shape index (κ3) is 4.44. The first-order valence-electron chi connectivity index (χ1n) is 12.8. The van der Waals surface area contributed by atoms with E-state index in [-0.39, 0.29) is 6.42 Å². The number of aryl methyl sites for hydroxylation is 2. The van der Waals surface area contributed by atoms with Crippen LogP contribution in [-0.2, 0) is 17.8 Å². The van der Waals surface area contributed by atoms with Crippen LogP contribution in [0.4, 0.5) is 11.6 Å². The molecule has 0 amide bonds. The number of aromatic nitrogens is 3. The molecule has 0 saturated heterocycles. The largest absolute Gasteiger partial charge is 0.494 e. The van der Waals surface area contributed by atoms with Gasteiger partial charge in [0.25, 0.3) is 0 Å². The van der Waals surface area contributed by atoms with E-state index in [9.17, 15) is 9.90 Å². The number of rotatable bonds is 6. The van der Waals surface area contributed by atoms with Crippen molar-refractivity contribution in [3.63, 3.8) is 0 Å². The van der Waals surface area contributed by atoms with E-state index in [0.29, 0.717) is 18.2 Å². The molecule has 38 heavy (non-hydrogen) atoms. The standard InChI is InChI=1S/C30H34N4O4/c1-17-8-9-21(24(12-17)38-30(4,5)6)26-22(14-25(35)36)19(3)27-28-23(26)13-18(2)33(28)10-11-34(27)29-31-15-20(37-7)16-32-29/h8-9,12-13,15-16H,10-11,14H2,1-7H3,(H,35,36). The van der Waals surface area contributed by atoms with Gasteiger partial charge in [-0.05, 0) is 75.9 Å². The first kappa shape index (κ1) is 25.6. The van der Waals surface area contributed by atoms with Gasteiger partial charge >= 0.3 is 5.97 Å². The summed E-state index contributed by atoms with van der Waals surface area (Å²) in [7, 11) is 1.59. The van der Waals surface area contributed by atoms with E-state index in [4.69, 9.17) is 9.47 Å². The van der Waals surface area contributed by atoms with Crippen molar-refractivity contribution in [2.45, 2.75) is 60.1 Å². The molecule has 5 rings (SSSR count). The van der Waals surface area contributed by atoms with Crippen LogP contribution in [0.5, 0.6) is 11.5 Å². The van der Waals surface area contributed by atoms with Crippen molar-refractivity contribution in [2.75, 3.05) is 18.6 Å². The number of benzene rings is 2. The minimum absolute atomic E-state index is 0.117. The Bertz CT molecular complexity index is 1550. The van der Waals surface area contributed by atoms with E-state index < -0.39 is 11.6 Å². The molecule has 8 heteroatoms. The second-order valence-corrected chi connectivity index (χ2v) is 10.9. The Balaban J connectivity index is 1.85. The van der Waals surface area contributed by atoms with E-state index in [1.165, 1.54) is 0 Å². The van der Waals surface area contributed by atoms with E-state index in [2.05, 4.69) is 44.6 Å². The lowest BCUT2D eigenvalue weighted by Gasteiger charge is -2.33. The molecule has 2 aromatic heterocycles. The molecule has 0 saturated carbocycles. The lowest BCUT2D eigenvalue weighted by Crippen LogP contribution is -2.30. The molecule has 0 aliphatic carbocycles. The topological polar surface area (TPSA) is 89.7 Å². The Labute approximate surface area is 222 Å². The maximum Gasteiger partial charge on any atom is 0.307 e. The van der Waals surface area contributed by atoms with Gasteiger partial charge in [0.1, 0.15) is 11.4 Å². The van der Waals surface area contributed by atoms with Crippen LogP contribution in [0, 0.1) is 20.8 Å². The average molecular weight is 515 g/mol. The normalized spacial score (nSPS) is 13.2. The van der Waals surface area contributed by atoms with Gasteiger partial charge in [-0.2, -0.15) is 0 Å². The molecule has 4 aromatic rings. The Hall–Kier alpha value is -4.07. The van der Waals surface area contributed by atoms with E-state index in [1.54, 1.807) is 19.5 Å². The molecule has 0 spiro atoms. The molecule has 3 heterocycles. The summed E-state index contributed by atoms with van der Waals surface area (Å²) in [5, 5.41) is 11.0. The van der Waals surface area contributed by atoms with Crippen LogP contribution in [0.15, 0.2) is 36.7 Å². The number of methoxy groups -OCH3 is 1. The van der Waals surface area contributed by atoms with Crippen molar-refractivity contribution < 1.29 is 19.4 Å². The summed E-state index contributed by atoms with van der Waals surface area (Å²) in [6, 6.07) is 8.31. The molecule has 1 N–H and O–H groups in total. The van der Waals surface area contributed by atoms with Crippen molar-refractivity contribution in [2.24, 2.45) is 0 Å². The number of carboxylic acid groups (broad SMARTS) is 1. The number of hydrogen-bond donors (Lipinski definition) is 1. The molecular formula is C30H34N4O4. The van der Waals surface area contributed by atoms with Crippen LogP contribution in [0.25, 0.3) is 22.0 Å². The predicted molar refractivity (Wildman–Crippen MR) is 149 cm³/mol. The highest BCUT2D eigenvalue weighted by Gasteiger charge is 2.31. The Morgan fingerprint density at radius 2 is 1.79 bits per heavy atom.